The first-order valence-corrected chi connectivity index (χ1v) is 13.5. The van der Waals surface area contributed by atoms with Crippen molar-refractivity contribution >= 4 is 28.6 Å². The normalized spacial score (nSPS) is 23.6. The predicted octanol–water partition coefficient (Wildman–Crippen LogP) is 4.37. The van der Waals surface area contributed by atoms with Crippen molar-refractivity contribution in [2.45, 2.75) is 83.6 Å². The maximum atomic E-state index is 12.7. The molecule has 1 aromatic carbocycles. The molecular weight excluding hydrogens is 476 g/mol. The first kappa shape index (κ1) is 25.2. The van der Waals surface area contributed by atoms with Crippen molar-refractivity contribution < 1.29 is 5.11 Å². The summed E-state index contributed by atoms with van der Waals surface area (Å²) in [7, 11) is 0. The number of aromatic amines is 1. The predicted molar refractivity (Wildman–Crippen MR) is 144 cm³/mol. The van der Waals surface area contributed by atoms with Crippen LogP contribution in [0.25, 0.3) is 11.2 Å². The second-order valence-electron chi connectivity index (χ2n) is 11.2. The Morgan fingerprint density at radius 3 is 2.50 bits per heavy atom. The number of hydrogen-bond acceptors (Lipinski definition) is 6. The molecule has 1 unspecified atom stereocenters. The quantitative estimate of drug-likeness (QED) is 0.509. The van der Waals surface area contributed by atoms with E-state index in [1.54, 1.807) is 6.33 Å². The minimum atomic E-state index is -0.741. The number of H-pyrrole nitrogens is 1. The van der Waals surface area contributed by atoms with Gasteiger partial charge in [-0.3, -0.25) is 9.88 Å². The standard InChI is InChI=1S/C27H37ClN6O2/c1-17(2)23(20-7-9-21(28)10-8-20)33-13-19(4)34(14-18(33)3)25-22-24(30-26(35)31-25)32(16-29-22)15-27(36)11-5-6-12-27/h7-10,16-19,23,36H,5-6,11-15H2,1-4H3,(H,30,31,35)/t18-,19+,23?/m1/s1. The van der Waals surface area contributed by atoms with Gasteiger partial charge in [0, 0.05) is 36.2 Å². The van der Waals surface area contributed by atoms with E-state index in [4.69, 9.17) is 11.6 Å². The van der Waals surface area contributed by atoms with E-state index in [9.17, 15) is 9.90 Å². The summed E-state index contributed by atoms with van der Waals surface area (Å²) in [5.74, 6) is 1.05. The zero-order valence-corrected chi connectivity index (χ0v) is 22.4. The lowest BCUT2D eigenvalue weighted by Gasteiger charge is -2.49. The molecule has 8 nitrogen and oxygen atoms in total. The van der Waals surface area contributed by atoms with Crippen LogP contribution in [0.5, 0.6) is 0 Å². The molecular formula is C27H37ClN6O2. The zero-order valence-electron chi connectivity index (χ0n) is 21.6. The summed E-state index contributed by atoms with van der Waals surface area (Å²) in [6, 6.07) is 8.82. The molecule has 36 heavy (non-hydrogen) atoms. The highest BCUT2D eigenvalue weighted by atomic mass is 35.5. The number of hydrogen-bond donors (Lipinski definition) is 2. The lowest BCUT2D eigenvalue weighted by atomic mass is 9.91. The Kier molecular flexibility index (Phi) is 6.87. The number of piperazine rings is 1. The van der Waals surface area contributed by atoms with Crippen LogP contribution < -0.4 is 10.6 Å². The number of imidazole rings is 1. The maximum absolute atomic E-state index is 12.7. The molecule has 2 aliphatic rings. The summed E-state index contributed by atoms with van der Waals surface area (Å²) >= 11 is 6.16. The van der Waals surface area contributed by atoms with Crippen LogP contribution in [0.4, 0.5) is 5.82 Å². The van der Waals surface area contributed by atoms with Gasteiger partial charge in [0.1, 0.15) is 11.2 Å². The fourth-order valence-electron chi connectivity index (χ4n) is 6.24. The van der Waals surface area contributed by atoms with E-state index in [0.717, 1.165) is 43.8 Å². The lowest BCUT2D eigenvalue weighted by molar-refractivity contribution is 0.0308. The highest BCUT2D eigenvalue weighted by Crippen LogP contribution is 2.36. The van der Waals surface area contributed by atoms with Gasteiger partial charge in [-0.1, -0.05) is 50.4 Å². The van der Waals surface area contributed by atoms with E-state index < -0.39 is 5.60 Å². The van der Waals surface area contributed by atoms with Crippen molar-refractivity contribution in [2.24, 2.45) is 5.92 Å². The van der Waals surface area contributed by atoms with Crippen LogP contribution in [0.1, 0.15) is 65.0 Å². The summed E-state index contributed by atoms with van der Waals surface area (Å²) < 4.78 is 1.88. The molecule has 1 aliphatic carbocycles. The van der Waals surface area contributed by atoms with Gasteiger partial charge >= 0.3 is 5.69 Å². The third kappa shape index (κ3) is 4.78. The topological polar surface area (TPSA) is 90.3 Å². The molecule has 1 saturated carbocycles. The summed E-state index contributed by atoms with van der Waals surface area (Å²) in [6.45, 7) is 10.9. The van der Waals surface area contributed by atoms with Crippen molar-refractivity contribution in [1.29, 1.82) is 0 Å². The minimum Gasteiger partial charge on any atom is -0.388 e. The van der Waals surface area contributed by atoms with E-state index in [0.29, 0.717) is 29.4 Å². The van der Waals surface area contributed by atoms with Gasteiger partial charge in [-0.25, -0.2) is 9.78 Å². The Bertz CT molecular complexity index is 1260. The SMILES string of the molecule is CC(C)C(c1ccc(Cl)cc1)N1C[C@H](C)N(c2nc(=O)[nH]c3c2ncn3CC2(O)CCCC2)C[C@H]1C. The summed E-state index contributed by atoms with van der Waals surface area (Å²) in [6.07, 6.45) is 5.33. The highest BCUT2D eigenvalue weighted by Gasteiger charge is 2.37. The van der Waals surface area contributed by atoms with Gasteiger partial charge in [0.2, 0.25) is 0 Å². The van der Waals surface area contributed by atoms with Gasteiger partial charge in [-0.15, -0.1) is 0 Å². The molecule has 194 valence electrons. The molecule has 0 spiro atoms. The maximum Gasteiger partial charge on any atom is 0.348 e. The Balaban J connectivity index is 1.44. The number of anilines is 1. The number of fused-ring (bicyclic) bond motifs is 1. The average molecular weight is 513 g/mol. The Morgan fingerprint density at radius 1 is 1.14 bits per heavy atom. The lowest BCUT2D eigenvalue weighted by Crippen LogP contribution is -2.58. The second kappa shape index (κ2) is 9.80. The van der Waals surface area contributed by atoms with E-state index in [-0.39, 0.29) is 23.8 Å². The molecule has 0 radical (unpaired) electrons. The molecule has 3 heterocycles. The first-order chi connectivity index (χ1) is 17.1. The van der Waals surface area contributed by atoms with Crippen LogP contribution in [0, 0.1) is 5.92 Å². The van der Waals surface area contributed by atoms with Gasteiger partial charge in [0.25, 0.3) is 0 Å². The van der Waals surface area contributed by atoms with Crippen LogP contribution >= 0.6 is 11.6 Å². The van der Waals surface area contributed by atoms with Crippen LogP contribution in [-0.2, 0) is 6.54 Å². The number of rotatable bonds is 6. The summed E-state index contributed by atoms with van der Waals surface area (Å²) in [4.78, 5) is 29.4. The van der Waals surface area contributed by atoms with Crippen molar-refractivity contribution in [3.8, 4) is 0 Å². The van der Waals surface area contributed by atoms with Crippen LogP contribution in [0.3, 0.4) is 0 Å². The highest BCUT2D eigenvalue weighted by molar-refractivity contribution is 6.30. The second-order valence-corrected chi connectivity index (χ2v) is 11.6. The Morgan fingerprint density at radius 2 is 1.83 bits per heavy atom. The molecule has 2 N–H and O–H groups in total. The number of halogens is 1. The molecule has 9 heteroatoms. The van der Waals surface area contributed by atoms with Crippen LogP contribution in [0.2, 0.25) is 5.02 Å². The molecule has 2 fully saturated rings. The number of benzene rings is 1. The molecule has 3 atom stereocenters. The van der Waals surface area contributed by atoms with E-state index in [1.807, 2.05) is 16.7 Å². The molecule has 1 saturated heterocycles. The fraction of sp³-hybridized carbons (Fsp3) is 0.593. The van der Waals surface area contributed by atoms with Crippen LogP contribution in [0.15, 0.2) is 35.4 Å². The fourth-order valence-corrected chi connectivity index (χ4v) is 6.37. The minimum absolute atomic E-state index is 0.136. The van der Waals surface area contributed by atoms with Crippen molar-refractivity contribution in [3.05, 3.63) is 51.7 Å². The number of aliphatic hydroxyl groups is 1. The van der Waals surface area contributed by atoms with Gasteiger partial charge in [0.05, 0.1) is 18.5 Å². The summed E-state index contributed by atoms with van der Waals surface area (Å²) in [5, 5.41) is 11.7. The van der Waals surface area contributed by atoms with Gasteiger partial charge in [0.15, 0.2) is 5.82 Å². The zero-order chi connectivity index (χ0) is 25.6. The van der Waals surface area contributed by atoms with Crippen molar-refractivity contribution in [3.63, 3.8) is 0 Å². The number of nitrogens with one attached hydrogen (secondary N) is 1. The average Bonchev–Trinajstić information content (AvgIpc) is 3.43. The largest absolute Gasteiger partial charge is 0.388 e. The molecule has 0 amide bonds. The number of aromatic nitrogens is 4. The molecule has 3 aromatic rings. The van der Waals surface area contributed by atoms with Gasteiger partial charge < -0.3 is 14.6 Å². The Hall–Kier alpha value is -2.42. The Labute approximate surface area is 217 Å². The van der Waals surface area contributed by atoms with E-state index in [1.165, 1.54) is 5.56 Å². The third-order valence-electron chi connectivity index (χ3n) is 7.99. The molecule has 5 rings (SSSR count). The van der Waals surface area contributed by atoms with Gasteiger partial charge in [-0.05, 0) is 50.3 Å². The molecule has 0 bridgehead atoms. The van der Waals surface area contributed by atoms with Crippen molar-refractivity contribution in [2.75, 3.05) is 18.0 Å². The summed E-state index contributed by atoms with van der Waals surface area (Å²) in [5.41, 5.74) is 1.45. The molecule has 1 aliphatic heterocycles. The van der Waals surface area contributed by atoms with Crippen molar-refractivity contribution in [1.82, 2.24) is 24.4 Å². The smallest absolute Gasteiger partial charge is 0.348 e. The van der Waals surface area contributed by atoms with Crippen LogP contribution in [-0.4, -0.2) is 60.3 Å². The first-order valence-electron chi connectivity index (χ1n) is 13.1. The van der Waals surface area contributed by atoms with E-state index >= 15 is 0 Å². The molecule has 2 aromatic heterocycles. The van der Waals surface area contributed by atoms with E-state index in [2.05, 4.69) is 64.6 Å². The van der Waals surface area contributed by atoms with Gasteiger partial charge in [-0.2, -0.15) is 4.98 Å². The number of nitrogens with zero attached hydrogens (tertiary/aromatic N) is 5. The monoisotopic (exact) mass is 512 g/mol. The third-order valence-corrected chi connectivity index (χ3v) is 8.24.